The third-order valence-corrected chi connectivity index (χ3v) is 8.05. The average molecular weight is 572 g/mol. The molecule has 4 aromatic rings. The van der Waals surface area contributed by atoms with Gasteiger partial charge in [0.05, 0.1) is 6.33 Å². The number of fused-ring (bicyclic) bond motifs is 5. The molecule has 0 radical (unpaired) electrons. The third kappa shape index (κ3) is 4.75. The topological polar surface area (TPSA) is 148 Å². The van der Waals surface area contributed by atoms with Crippen molar-refractivity contribution in [1.82, 2.24) is 30.2 Å². The standard InChI is InChI=1S/C30H33N7O5/c1-30(2)41-24-22(40-28(25(24)42-30)37-16-36-23-26(31)34-15-35-27(23)37)13-32-11-12-33-29(38)39-14-21-19-9-5-3-7-17(19)18-8-4-6-10-20(18)21/h3-10,15-16,21-22,24-25,28,32H,11-14H2,1-2H3,(H,33,38)(H2,31,34,35)/t22?,24-,25-,28?/m1/s1. The number of benzene rings is 2. The Bertz CT molecular complexity index is 1580. The lowest BCUT2D eigenvalue weighted by Gasteiger charge is -2.25. The molecule has 0 spiro atoms. The number of hydrogen-bond donors (Lipinski definition) is 3. The summed E-state index contributed by atoms with van der Waals surface area (Å²) in [6, 6.07) is 16.5. The summed E-state index contributed by atoms with van der Waals surface area (Å²) in [6.45, 7) is 5.46. The molecule has 2 unspecified atom stereocenters. The Morgan fingerprint density at radius 3 is 2.48 bits per heavy atom. The fraction of sp³-hybridized carbons (Fsp3) is 0.400. The minimum Gasteiger partial charge on any atom is -0.449 e. The Labute approximate surface area is 242 Å². The van der Waals surface area contributed by atoms with Gasteiger partial charge >= 0.3 is 6.09 Å². The van der Waals surface area contributed by atoms with Crippen molar-refractivity contribution in [1.29, 1.82) is 0 Å². The molecule has 2 aromatic heterocycles. The van der Waals surface area contributed by atoms with Crippen molar-refractivity contribution >= 4 is 23.1 Å². The number of ether oxygens (including phenoxy) is 4. The van der Waals surface area contributed by atoms with Crippen LogP contribution in [0.5, 0.6) is 0 Å². The van der Waals surface area contributed by atoms with E-state index in [9.17, 15) is 4.79 Å². The maximum atomic E-state index is 12.5. The molecule has 2 aliphatic heterocycles. The molecule has 4 atom stereocenters. The zero-order valence-corrected chi connectivity index (χ0v) is 23.4. The minimum absolute atomic E-state index is 0.0232. The molecule has 0 saturated carbocycles. The first-order valence-corrected chi connectivity index (χ1v) is 14.1. The van der Waals surface area contributed by atoms with E-state index in [-0.39, 0.29) is 30.8 Å². The summed E-state index contributed by atoms with van der Waals surface area (Å²) in [5, 5.41) is 6.19. The molecular weight excluding hydrogens is 538 g/mol. The summed E-state index contributed by atoms with van der Waals surface area (Å²) in [5.41, 5.74) is 11.8. The minimum atomic E-state index is -0.758. The van der Waals surface area contributed by atoms with Gasteiger partial charge in [0.1, 0.15) is 36.8 Å². The monoisotopic (exact) mass is 571 g/mol. The fourth-order valence-electron chi connectivity index (χ4n) is 6.25. The Balaban J connectivity index is 0.918. The van der Waals surface area contributed by atoms with Crippen molar-refractivity contribution in [3.63, 3.8) is 0 Å². The fourth-order valence-corrected chi connectivity index (χ4v) is 6.25. The van der Waals surface area contributed by atoms with Gasteiger partial charge in [0.2, 0.25) is 0 Å². The van der Waals surface area contributed by atoms with E-state index in [0.717, 1.165) is 0 Å². The number of nitrogens with one attached hydrogen (secondary N) is 2. The Morgan fingerprint density at radius 2 is 1.71 bits per heavy atom. The number of nitrogens with zero attached hydrogens (tertiary/aromatic N) is 4. The number of carbonyl (C=O) groups excluding carboxylic acids is 1. The van der Waals surface area contributed by atoms with E-state index in [0.29, 0.717) is 36.6 Å². The van der Waals surface area contributed by atoms with Crippen molar-refractivity contribution in [3.8, 4) is 11.1 Å². The van der Waals surface area contributed by atoms with Crippen LogP contribution in [0.2, 0.25) is 0 Å². The molecule has 4 heterocycles. The van der Waals surface area contributed by atoms with Crippen LogP contribution in [0.15, 0.2) is 61.2 Å². The predicted octanol–water partition coefficient (Wildman–Crippen LogP) is 2.95. The summed E-state index contributed by atoms with van der Waals surface area (Å²) in [7, 11) is 0. The SMILES string of the molecule is CC1(C)O[C@@H]2C(CNCCNC(=O)OCC3c4ccccc4-c4ccccc43)OC(n3cnc4c(N)ncnc43)[C@@H]2O1. The van der Waals surface area contributed by atoms with Gasteiger partial charge in [0.15, 0.2) is 23.5 Å². The number of amides is 1. The van der Waals surface area contributed by atoms with E-state index >= 15 is 0 Å². The highest BCUT2D eigenvalue weighted by Crippen LogP contribution is 2.45. The maximum Gasteiger partial charge on any atom is 0.407 e. The van der Waals surface area contributed by atoms with Gasteiger partial charge in [-0.25, -0.2) is 19.7 Å². The lowest BCUT2D eigenvalue weighted by atomic mass is 9.98. The molecular formula is C30H33N7O5. The van der Waals surface area contributed by atoms with Gasteiger partial charge in [0.25, 0.3) is 0 Å². The highest BCUT2D eigenvalue weighted by molar-refractivity contribution is 5.81. The number of hydrogen-bond acceptors (Lipinski definition) is 10. The lowest BCUT2D eigenvalue weighted by Crippen LogP contribution is -2.40. The summed E-state index contributed by atoms with van der Waals surface area (Å²) in [6.07, 6.45) is 1.14. The molecule has 42 heavy (non-hydrogen) atoms. The quantitative estimate of drug-likeness (QED) is 0.270. The van der Waals surface area contributed by atoms with Gasteiger partial charge in [-0.2, -0.15) is 0 Å². The molecule has 7 rings (SSSR count). The van der Waals surface area contributed by atoms with Gasteiger partial charge in [-0.3, -0.25) is 4.57 Å². The molecule has 12 nitrogen and oxygen atoms in total. The number of aromatic nitrogens is 4. The van der Waals surface area contributed by atoms with Gasteiger partial charge in [-0.15, -0.1) is 0 Å². The molecule has 0 bridgehead atoms. The molecule has 2 aromatic carbocycles. The average Bonchev–Trinajstić information content (AvgIpc) is 3.72. The first-order chi connectivity index (χ1) is 20.4. The zero-order chi connectivity index (χ0) is 28.8. The van der Waals surface area contributed by atoms with Gasteiger partial charge in [-0.05, 0) is 36.1 Å². The first-order valence-electron chi connectivity index (χ1n) is 14.1. The van der Waals surface area contributed by atoms with E-state index < -0.39 is 18.1 Å². The van der Waals surface area contributed by atoms with Crippen LogP contribution in [0.3, 0.4) is 0 Å². The first kappa shape index (κ1) is 26.8. The van der Waals surface area contributed by atoms with Crippen LogP contribution in [0.25, 0.3) is 22.3 Å². The van der Waals surface area contributed by atoms with Gasteiger partial charge in [-0.1, -0.05) is 48.5 Å². The van der Waals surface area contributed by atoms with Crippen LogP contribution in [0, 0.1) is 0 Å². The number of imidazole rings is 1. The van der Waals surface area contributed by atoms with Crippen LogP contribution in [0.4, 0.5) is 10.6 Å². The molecule has 2 saturated heterocycles. The molecule has 2 fully saturated rings. The Hall–Kier alpha value is -4.10. The van der Waals surface area contributed by atoms with Crippen molar-refractivity contribution < 1.29 is 23.7 Å². The summed E-state index contributed by atoms with van der Waals surface area (Å²) in [5.74, 6) is -0.430. The van der Waals surface area contributed by atoms with Crippen LogP contribution in [-0.2, 0) is 18.9 Å². The van der Waals surface area contributed by atoms with E-state index in [1.54, 1.807) is 6.33 Å². The largest absolute Gasteiger partial charge is 0.449 e. The van der Waals surface area contributed by atoms with E-state index in [2.05, 4.69) is 49.9 Å². The van der Waals surface area contributed by atoms with E-state index in [1.807, 2.05) is 42.7 Å². The number of rotatable bonds is 8. The number of nitrogens with two attached hydrogens (primary N) is 1. The number of alkyl carbamates (subject to hydrolysis) is 1. The molecule has 1 aliphatic carbocycles. The summed E-state index contributed by atoms with van der Waals surface area (Å²) in [4.78, 5) is 25.3. The Kier molecular flexibility index (Phi) is 6.77. The number of anilines is 1. The van der Waals surface area contributed by atoms with Crippen molar-refractivity contribution in [2.45, 2.75) is 50.1 Å². The van der Waals surface area contributed by atoms with E-state index in [1.165, 1.54) is 28.6 Å². The second-order valence-electron chi connectivity index (χ2n) is 11.2. The van der Waals surface area contributed by atoms with Crippen molar-refractivity contribution in [2.75, 3.05) is 32.0 Å². The molecule has 12 heteroatoms. The normalized spacial score (nSPS) is 24.0. The third-order valence-electron chi connectivity index (χ3n) is 8.05. The van der Waals surface area contributed by atoms with Crippen LogP contribution in [0.1, 0.15) is 37.1 Å². The molecule has 4 N–H and O–H groups in total. The molecule has 3 aliphatic rings. The second kappa shape index (κ2) is 10.6. The highest BCUT2D eigenvalue weighted by Gasteiger charge is 2.56. The number of carbonyl (C=O) groups is 1. The molecule has 218 valence electrons. The van der Waals surface area contributed by atoms with Crippen molar-refractivity contribution in [3.05, 3.63) is 72.3 Å². The van der Waals surface area contributed by atoms with E-state index in [4.69, 9.17) is 24.7 Å². The van der Waals surface area contributed by atoms with Gasteiger partial charge in [0, 0.05) is 25.6 Å². The zero-order valence-electron chi connectivity index (χ0n) is 23.4. The second-order valence-corrected chi connectivity index (χ2v) is 11.2. The predicted molar refractivity (Wildman–Crippen MR) is 153 cm³/mol. The summed E-state index contributed by atoms with van der Waals surface area (Å²) < 4.78 is 26.3. The smallest absolute Gasteiger partial charge is 0.407 e. The van der Waals surface area contributed by atoms with Crippen LogP contribution < -0.4 is 16.4 Å². The summed E-state index contributed by atoms with van der Waals surface area (Å²) >= 11 is 0. The Morgan fingerprint density at radius 1 is 1.00 bits per heavy atom. The maximum absolute atomic E-state index is 12.5. The molecule has 1 amide bonds. The lowest BCUT2D eigenvalue weighted by molar-refractivity contribution is -0.195. The highest BCUT2D eigenvalue weighted by atomic mass is 16.8. The van der Waals surface area contributed by atoms with Crippen LogP contribution in [-0.4, -0.2) is 76.0 Å². The van der Waals surface area contributed by atoms with Crippen LogP contribution >= 0.6 is 0 Å². The van der Waals surface area contributed by atoms with Crippen molar-refractivity contribution in [2.24, 2.45) is 0 Å². The number of nitrogen functional groups attached to an aromatic ring is 1. The van der Waals surface area contributed by atoms with Gasteiger partial charge < -0.3 is 35.3 Å².